The van der Waals surface area contributed by atoms with Crippen LogP contribution in [0.25, 0.3) is 0 Å². The first-order valence-corrected chi connectivity index (χ1v) is 10.1. The number of carbonyl (C=O) groups excluding carboxylic acids is 1. The molecule has 0 bridgehead atoms. The van der Waals surface area contributed by atoms with Gasteiger partial charge >= 0.3 is 0 Å². The van der Waals surface area contributed by atoms with Crippen molar-refractivity contribution in [1.82, 2.24) is 9.80 Å². The zero-order chi connectivity index (χ0) is 16.8. The van der Waals surface area contributed by atoms with E-state index >= 15 is 0 Å². The van der Waals surface area contributed by atoms with Crippen molar-refractivity contribution >= 4 is 17.7 Å². The SMILES string of the molecule is COCCN1CC(C(=O)N2CCSCC2)CC(c2ccccc2)C1. The summed E-state index contributed by atoms with van der Waals surface area (Å²) in [7, 11) is 1.74. The second-order valence-electron chi connectivity index (χ2n) is 6.73. The van der Waals surface area contributed by atoms with Crippen LogP contribution >= 0.6 is 11.8 Å². The van der Waals surface area contributed by atoms with Crippen molar-refractivity contribution in [2.75, 3.05) is 57.9 Å². The quantitative estimate of drug-likeness (QED) is 0.818. The Labute approximate surface area is 149 Å². The van der Waals surface area contributed by atoms with E-state index in [9.17, 15) is 4.79 Å². The minimum absolute atomic E-state index is 0.115. The highest BCUT2D eigenvalue weighted by molar-refractivity contribution is 7.99. The Hall–Kier alpha value is -1.04. The summed E-state index contributed by atoms with van der Waals surface area (Å²) in [5.41, 5.74) is 1.35. The fraction of sp³-hybridized carbons (Fsp3) is 0.632. The third kappa shape index (κ3) is 4.52. The van der Waals surface area contributed by atoms with Gasteiger partial charge in [0.1, 0.15) is 0 Å². The molecule has 4 nitrogen and oxygen atoms in total. The smallest absolute Gasteiger partial charge is 0.227 e. The average Bonchev–Trinajstić information content (AvgIpc) is 2.67. The van der Waals surface area contributed by atoms with Crippen molar-refractivity contribution in [1.29, 1.82) is 0 Å². The minimum atomic E-state index is 0.115. The van der Waals surface area contributed by atoms with E-state index in [-0.39, 0.29) is 5.92 Å². The summed E-state index contributed by atoms with van der Waals surface area (Å²) in [6.45, 7) is 5.34. The Morgan fingerprint density at radius 1 is 1.21 bits per heavy atom. The van der Waals surface area contributed by atoms with Crippen LogP contribution in [0.5, 0.6) is 0 Å². The molecular weight excluding hydrogens is 320 g/mol. The molecule has 2 saturated heterocycles. The molecule has 2 aliphatic rings. The third-order valence-electron chi connectivity index (χ3n) is 5.08. The lowest BCUT2D eigenvalue weighted by Crippen LogP contribution is -2.49. The highest BCUT2D eigenvalue weighted by Gasteiger charge is 2.34. The van der Waals surface area contributed by atoms with Crippen LogP contribution in [-0.4, -0.2) is 73.7 Å². The zero-order valence-electron chi connectivity index (χ0n) is 14.5. The van der Waals surface area contributed by atoms with Gasteiger partial charge in [0, 0.05) is 51.3 Å². The first kappa shape index (κ1) is 17.8. The van der Waals surface area contributed by atoms with E-state index < -0.39 is 0 Å². The second-order valence-corrected chi connectivity index (χ2v) is 7.96. The van der Waals surface area contributed by atoms with Gasteiger partial charge in [-0.2, -0.15) is 11.8 Å². The van der Waals surface area contributed by atoms with Crippen LogP contribution in [0.4, 0.5) is 0 Å². The van der Waals surface area contributed by atoms with Crippen LogP contribution < -0.4 is 0 Å². The molecule has 1 amide bonds. The number of likely N-dealkylation sites (tertiary alicyclic amines) is 1. The summed E-state index contributed by atoms with van der Waals surface area (Å²) >= 11 is 1.95. The number of thioether (sulfide) groups is 1. The van der Waals surface area contributed by atoms with Crippen molar-refractivity contribution < 1.29 is 9.53 Å². The summed E-state index contributed by atoms with van der Waals surface area (Å²) in [4.78, 5) is 17.5. The molecule has 132 valence electrons. The number of methoxy groups -OCH3 is 1. The Balaban J connectivity index is 1.71. The monoisotopic (exact) mass is 348 g/mol. The fourth-order valence-electron chi connectivity index (χ4n) is 3.78. The average molecular weight is 349 g/mol. The molecule has 0 N–H and O–H groups in total. The van der Waals surface area contributed by atoms with Crippen LogP contribution in [0.2, 0.25) is 0 Å². The number of benzene rings is 1. The molecule has 0 aromatic heterocycles. The molecule has 3 rings (SSSR count). The Morgan fingerprint density at radius 3 is 2.67 bits per heavy atom. The number of piperidine rings is 1. The van der Waals surface area contributed by atoms with Gasteiger partial charge in [-0.1, -0.05) is 30.3 Å². The summed E-state index contributed by atoms with van der Waals surface area (Å²) < 4.78 is 5.26. The molecule has 2 aliphatic heterocycles. The number of rotatable bonds is 5. The lowest BCUT2D eigenvalue weighted by molar-refractivity contribution is -0.137. The summed E-state index contributed by atoms with van der Waals surface area (Å²) in [5.74, 6) is 3.06. The number of ether oxygens (including phenoxy) is 1. The molecule has 24 heavy (non-hydrogen) atoms. The maximum Gasteiger partial charge on any atom is 0.227 e. The molecule has 2 atom stereocenters. The molecule has 0 saturated carbocycles. The number of hydrogen-bond acceptors (Lipinski definition) is 4. The molecular formula is C19H28N2O2S. The molecule has 1 aromatic carbocycles. The lowest BCUT2D eigenvalue weighted by Gasteiger charge is -2.39. The second kappa shape index (κ2) is 8.88. The van der Waals surface area contributed by atoms with E-state index in [0.717, 1.165) is 57.3 Å². The van der Waals surface area contributed by atoms with Gasteiger partial charge in [0.2, 0.25) is 5.91 Å². The molecule has 2 heterocycles. The molecule has 1 aromatic rings. The van der Waals surface area contributed by atoms with Gasteiger partial charge in [-0.3, -0.25) is 9.69 Å². The van der Waals surface area contributed by atoms with Crippen LogP contribution in [0.1, 0.15) is 17.9 Å². The van der Waals surface area contributed by atoms with Crippen LogP contribution in [0, 0.1) is 5.92 Å². The van der Waals surface area contributed by atoms with Crippen LogP contribution in [0.3, 0.4) is 0 Å². The summed E-state index contributed by atoms with van der Waals surface area (Å²) in [6.07, 6.45) is 0.968. The number of carbonyl (C=O) groups is 1. The number of nitrogens with zero attached hydrogens (tertiary/aromatic N) is 2. The standard InChI is InChI=1S/C19H28N2O2S/c1-23-10-7-20-14-17(16-5-3-2-4-6-16)13-18(15-20)19(22)21-8-11-24-12-9-21/h2-6,17-18H,7-15H2,1H3. The number of hydrogen-bond donors (Lipinski definition) is 0. The van der Waals surface area contributed by atoms with E-state index in [1.54, 1.807) is 7.11 Å². The predicted octanol–water partition coefficient (Wildman–Crippen LogP) is 2.31. The minimum Gasteiger partial charge on any atom is -0.383 e. The van der Waals surface area contributed by atoms with Crippen molar-refractivity contribution in [2.45, 2.75) is 12.3 Å². The van der Waals surface area contributed by atoms with E-state index in [2.05, 4.69) is 40.1 Å². The van der Waals surface area contributed by atoms with E-state index in [1.165, 1.54) is 5.56 Å². The van der Waals surface area contributed by atoms with Crippen molar-refractivity contribution in [3.05, 3.63) is 35.9 Å². The summed E-state index contributed by atoms with van der Waals surface area (Å²) in [5, 5.41) is 0. The number of amides is 1. The van der Waals surface area contributed by atoms with E-state index in [4.69, 9.17) is 4.74 Å². The van der Waals surface area contributed by atoms with Crippen LogP contribution in [0.15, 0.2) is 30.3 Å². The normalized spacial score (nSPS) is 25.6. The first-order valence-electron chi connectivity index (χ1n) is 8.90. The van der Waals surface area contributed by atoms with Gasteiger partial charge in [-0.05, 0) is 17.9 Å². The van der Waals surface area contributed by atoms with E-state index in [1.807, 2.05) is 11.8 Å². The van der Waals surface area contributed by atoms with Gasteiger partial charge in [0.05, 0.1) is 12.5 Å². The summed E-state index contributed by atoms with van der Waals surface area (Å²) in [6, 6.07) is 10.7. The van der Waals surface area contributed by atoms with Crippen molar-refractivity contribution in [3.63, 3.8) is 0 Å². The third-order valence-corrected chi connectivity index (χ3v) is 6.02. The molecule has 0 aliphatic carbocycles. The maximum atomic E-state index is 13.0. The van der Waals surface area contributed by atoms with Gasteiger partial charge in [0.15, 0.2) is 0 Å². The lowest BCUT2D eigenvalue weighted by atomic mass is 9.83. The van der Waals surface area contributed by atoms with Gasteiger partial charge in [-0.25, -0.2) is 0 Å². The topological polar surface area (TPSA) is 32.8 Å². The first-order chi connectivity index (χ1) is 11.8. The van der Waals surface area contributed by atoms with Gasteiger partial charge < -0.3 is 9.64 Å². The molecule has 0 radical (unpaired) electrons. The maximum absolute atomic E-state index is 13.0. The highest BCUT2D eigenvalue weighted by atomic mass is 32.2. The van der Waals surface area contributed by atoms with Gasteiger partial charge in [-0.15, -0.1) is 0 Å². The molecule has 2 fully saturated rings. The van der Waals surface area contributed by atoms with Crippen molar-refractivity contribution in [3.8, 4) is 0 Å². The highest BCUT2D eigenvalue weighted by Crippen LogP contribution is 2.31. The Kier molecular flexibility index (Phi) is 6.58. The van der Waals surface area contributed by atoms with Crippen molar-refractivity contribution in [2.24, 2.45) is 5.92 Å². The predicted molar refractivity (Wildman–Crippen MR) is 99.5 cm³/mol. The molecule has 5 heteroatoms. The zero-order valence-corrected chi connectivity index (χ0v) is 15.3. The van der Waals surface area contributed by atoms with E-state index in [0.29, 0.717) is 11.8 Å². The van der Waals surface area contributed by atoms with Crippen LogP contribution in [-0.2, 0) is 9.53 Å². The molecule has 2 unspecified atom stereocenters. The largest absolute Gasteiger partial charge is 0.383 e. The molecule has 0 spiro atoms. The van der Waals surface area contributed by atoms with Gasteiger partial charge in [0.25, 0.3) is 0 Å². The fourth-order valence-corrected chi connectivity index (χ4v) is 4.68. The Bertz CT molecular complexity index is 519. The Morgan fingerprint density at radius 2 is 1.96 bits per heavy atom.